The number of aliphatic imine (C=N–C) groups is 1. The molecule has 0 bridgehead atoms. The fourth-order valence-electron chi connectivity index (χ4n) is 3.37. The number of carbonyl (C=O) groups is 2. The number of guanidine groups is 1. The molecule has 2 amide bonds. The van der Waals surface area contributed by atoms with Gasteiger partial charge in [-0.15, -0.1) is 0 Å². The highest BCUT2D eigenvalue weighted by atomic mass is 16.5. The molecule has 0 aromatic rings. The van der Waals surface area contributed by atoms with Crippen LogP contribution in [-0.2, 0) is 14.3 Å². The van der Waals surface area contributed by atoms with Crippen molar-refractivity contribution < 1.29 is 14.3 Å². The molecule has 0 aromatic carbocycles. The van der Waals surface area contributed by atoms with E-state index in [9.17, 15) is 9.59 Å². The van der Waals surface area contributed by atoms with Gasteiger partial charge >= 0.3 is 0 Å². The number of rotatable bonds is 7. The van der Waals surface area contributed by atoms with Gasteiger partial charge in [-0.2, -0.15) is 0 Å². The van der Waals surface area contributed by atoms with Crippen molar-refractivity contribution in [3.05, 3.63) is 0 Å². The molecule has 2 aliphatic heterocycles. The molecule has 0 atom stereocenters. The van der Waals surface area contributed by atoms with E-state index in [1.807, 2.05) is 4.90 Å². The molecule has 0 unspecified atom stereocenters. The summed E-state index contributed by atoms with van der Waals surface area (Å²) in [6.07, 6.45) is 3.48. The molecule has 2 rings (SSSR count). The lowest BCUT2D eigenvalue weighted by Crippen LogP contribution is -2.55. The Labute approximate surface area is 168 Å². The van der Waals surface area contributed by atoms with E-state index in [-0.39, 0.29) is 18.4 Å². The lowest BCUT2D eigenvalue weighted by atomic mass is 10.1. The molecule has 2 fully saturated rings. The molecule has 28 heavy (non-hydrogen) atoms. The van der Waals surface area contributed by atoms with Crippen LogP contribution in [0.15, 0.2) is 4.99 Å². The summed E-state index contributed by atoms with van der Waals surface area (Å²) in [5.41, 5.74) is 0. The Bertz CT molecular complexity index is 526. The summed E-state index contributed by atoms with van der Waals surface area (Å²) in [4.78, 5) is 36.8. The SMILES string of the molecule is COCCNC(=NCC(=O)N(C)C)N1CCN(CC(=O)N2CCCCC2)CC1. The second-order valence-corrected chi connectivity index (χ2v) is 7.55. The summed E-state index contributed by atoms with van der Waals surface area (Å²) in [5.74, 6) is 0.947. The zero-order valence-corrected chi connectivity index (χ0v) is 17.7. The van der Waals surface area contributed by atoms with Crippen molar-refractivity contribution in [1.29, 1.82) is 0 Å². The monoisotopic (exact) mass is 396 g/mol. The minimum absolute atomic E-state index is 0.0307. The van der Waals surface area contributed by atoms with Crippen LogP contribution in [0.5, 0.6) is 0 Å². The van der Waals surface area contributed by atoms with Gasteiger partial charge in [0.05, 0.1) is 13.2 Å². The molecular weight excluding hydrogens is 360 g/mol. The number of hydrogen-bond donors (Lipinski definition) is 1. The molecule has 2 aliphatic rings. The topological polar surface area (TPSA) is 80.7 Å². The average molecular weight is 397 g/mol. The highest BCUT2D eigenvalue weighted by Gasteiger charge is 2.24. The minimum Gasteiger partial charge on any atom is -0.383 e. The van der Waals surface area contributed by atoms with Crippen LogP contribution in [0.4, 0.5) is 0 Å². The first-order valence-corrected chi connectivity index (χ1v) is 10.2. The predicted molar refractivity (Wildman–Crippen MR) is 109 cm³/mol. The summed E-state index contributed by atoms with van der Waals surface area (Å²) in [5, 5.41) is 3.28. The Kier molecular flexibility index (Phi) is 9.49. The molecule has 160 valence electrons. The van der Waals surface area contributed by atoms with Crippen LogP contribution >= 0.6 is 0 Å². The Morgan fingerprint density at radius 1 is 1.00 bits per heavy atom. The fraction of sp³-hybridized carbons (Fsp3) is 0.842. The van der Waals surface area contributed by atoms with Gasteiger partial charge in [0, 0.05) is 67.0 Å². The van der Waals surface area contributed by atoms with Crippen molar-refractivity contribution in [1.82, 2.24) is 24.9 Å². The summed E-state index contributed by atoms with van der Waals surface area (Å²) in [6, 6.07) is 0. The number of carbonyl (C=O) groups excluding carboxylic acids is 2. The van der Waals surface area contributed by atoms with Gasteiger partial charge < -0.3 is 24.8 Å². The first-order chi connectivity index (χ1) is 13.5. The number of methoxy groups -OCH3 is 1. The van der Waals surface area contributed by atoms with E-state index in [2.05, 4.69) is 20.1 Å². The number of piperidine rings is 1. The zero-order chi connectivity index (χ0) is 20.4. The number of ether oxygens (including phenoxy) is 1. The lowest BCUT2D eigenvalue weighted by molar-refractivity contribution is -0.133. The van der Waals surface area contributed by atoms with Crippen LogP contribution in [0.1, 0.15) is 19.3 Å². The maximum atomic E-state index is 12.5. The molecule has 0 aromatic heterocycles. The third kappa shape index (κ3) is 7.27. The van der Waals surface area contributed by atoms with Crippen LogP contribution in [0.25, 0.3) is 0 Å². The summed E-state index contributed by atoms with van der Waals surface area (Å²) < 4.78 is 5.10. The largest absolute Gasteiger partial charge is 0.383 e. The first-order valence-electron chi connectivity index (χ1n) is 10.2. The second kappa shape index (κ2) is 11.9. The predicted octanol–water partition coefficient (Wildman–Crippen LogP) is -0.703. The maximum absolute atomic E-state index is 12.5. The summed E-state index contributed by atoms with van der Waals surface area (Å²) >= 11 is 0. The number of amides is 2. The molecule has 2 saturated heterocycles. The van der Waals surface area contributed by atoms with Gasteiger partial charge in [-0.1, -0.05) is 0 Å². The minimum atomic E-state index is -0.0307. The van der Waals surface area contributed by atoms with Crippen LogP contribution in [0.3, 0.4) is 0 Å². The van der Waals surface area contributed by atoms with Crippen molar-refractivity contribution in [2.24, 2.45) is 4.99 Å². The van der Waals surface area contributed by atoms with Gasteiger partial charge in [0.15, 0.2) is 5.96 Å². The van der Waals surface area contributed by atoms with Crippen molar-refractivity contribution >= 4 is 17.8 Å². The molecule has 0 spiro atoms. The zero-order valence-electron chi connectivity index (χ0n) is 17.7. The van der Waals surface area contributed by atoms with E-state index in [1.54, 1.807) is 26.1 Å². The molecular formula is C19H36N6O3. The summed E-state index contributed by atoms with van der Waals surface area (Å²) in [6.45, 7) is 6.82. The number of nitrogens with zero attached hydrogens (tertiary/aromatic N) is 5. The lowest BCUT2D eigenvalue weighted by Gasteiger charge is -2.37. The van der Waals surface area contributed by atoms with Crippen LogP contribution in [0.2, 0.25) is 0 Å². The van der Waals surface area contributed by atoms with E-state index < -0.39 is 0 Å². The van der Waals surface area contributed by atoms with Crippen molar-refractivity contribution in [2.75, 3.05) is 86.7 Å². The Hall–Kier alpha value is -1.87. The van der Waals surface area contributed by atoms with Gasteiger partial charge in [0.2, 0.25) is 11.8 Å². The van der Waals surface area contributed by atoms with E-state index in [4.69, 9.17) is 4.74 Å². The van der Waals surface area contributed by atoms with Gasteiger partial charge in [0.1, 0.15) is 6.54 Å². The summed E-state index contributed by atoms with van der Waals surface area (Å²) in [7, 11) is 5.12. The van der Waals surface area contributed by atoms with Crippen LogP contribution in [0, 0.1) is 0 Å². The highest BCUT2D eigenvalue weighted by molar-refractivity contribution is 5.85. The van der Waals surface area contributed by atoms with E-state index in [0.717, 1.165) is 58.1 Å². The quantitative estimate of drug-likeness (QED) is 0.348. The van der Waals surface area contributed by atoms with Crippen molar-refractivity contribution in [2.45, 2.75) is 19.3 Å². The molecule has 2 heterocycles. The molecule has 0 radical (unpaired) electrons. The molecule has 9 heteroatoms. The number of nitrogens with one attached hydrogen (secondary N) is 1. The fourth-order valence-corrected chi connectivity index (χ4v) is 3.37. The second-order valence-electron chi connectivity index (χ2n) is 7.55. The Morgan fingerprint density at radius 3 is 2.29 bits per heavy atom. The van der Waals surface area contributed by atoms with Crippen molar-refractivity contribution in [3.8, 4) is 0 Å². The van der Waals surface area contributed by atoms with Crippen LogP contribution < -0.4 is 5.32 Å². The van der Waals surface area contributed by atoms with Gasteiger partial charge in [-0.3, -0.25) is 14.5 Å². The standard InChI is InChI=1S/C19H36N6O3/c1-22(2)17(26)15-21-19(20-7-14-28-3)25-12-10-23(11-13-25)16-18(27)24-8-5-4-6-9-24/h4-16H2,1-3H3,(H,20,21). The van der Waals surface area contributed by atoms with E-state index in [1.165, 1.54) is 6.42 Å². The third-order valence-electron chi connectivity index (χ3n) is 5.19. The maximum Gasteiger partial charge on any atom is 0.243 e. The molecule has 9 nitrogen and oxygen atoms in total. The van der Waals surface area contributed by atoms with E-state index in [0.29, 0.717) is 19.7 Å². The van der Waals surface area contributed by atoms with E-state index >= 15 is 0 Å². The number of likely N-dealkylation sites (tertiary alicyclic amines) is 1. The smallest absolute Gasteiger partial charge is 0.243 e. The van der Waals surface area contributed by atoms with Gasteiger partial charge in [0.25, 0.3) is 0 Å². The molecule has 0 saturated carbocycles. The average Bonchev–Trinajstić information content (AvgIpc) is 2.71. The Balaban J connectivity index is 1.84. The highest BCUT2D eigenvalue weighted by Crippen LogP contribution is 2.10. The molecule has 1 N–H and O–H groups in total. The Morgan fingerprint density at radius 2 is 1.68 bits per heavy atom. The number of likely N-dealkylation sites (N-methyl/N-ethyl adjacent to an activating group) is 1. The van der Waals surface area contributed by atoms with Crippen LogP contribution in [-0.4, -0.2) is 124 Å². The number of piperazine rings is 1. The normalized spacial score (nSPS) is 18.9. The van der Waals surface area contributed by atoms with Crippen molar-refractivity contribution in [3.63, 3.8) is 0 Å². The number of hydrogen-bond acceptors (Lipinski definition) is 5. The van der Waals surface area contributed by atoms with Gasteiger partial charge in [-0.05, 0) is 19.3 Å². The van der Waals surface area contributed by atoms with Gasteiger partial charge in [-0.25, -0.2) is 4.99 Å². The first kappa shape index (κ1) is 22.4. The third-order valence-corrected chi connectivity index (χ3v) is 5.19. The molecule has 0 aliphatic carbocycles.